The Kier molecular flexibility index (Phi) is 2.30. The van der Waals surface area contributed by atoms with Crippen molar-refractivity contribution in [2.75, 3.05) is 0 Å². The second-order valence-corrected chi connectivity index (χ2v) is 3.06. The van der Waals surface area contributed by atoms with Crippen LogP contribution in [0.25, 0.3) is 0 Å². The molecule has 0 bridgehead atoms. The highest BCUT2D eigenvalue weighted by Gasteiger charge is 2.05. The highest BCUT2D eigenvalue weighted by molar-refractivity contribution is 4.94. The number of aryl methyl sites for hydroxylation is 2. The van der Waals surface area contributed by atoms with E-state index in [1.165, 1.54) is 0 Å². The monoisotopic (exact) mass is 192 g/mol. The molecule has 0 fully saturated rings. The molecule has 2 heterocycles. The van der Waals surface area contributed by atoms with E-state index in [0.29, 0.717) is 18.3 Å². The smallest absolute Gasteiger partial charge is 0.226 e. The molecule has 2 aromatic heterocycles. The quantitative estimate of drug-likeness (QED) is 0.732. The third-order valence-electron chi connectivity index (χ3n) is 2.05. The van der Waals surface area contributed by atoms with Crippen LogP contribution in [0.4, 0.5) is 0 Å². The molecule has 74 valence electrons. The van der Waals surface area contributed by atoms with Crippen molar-refractivity contribution in [2.24, 2.45) is 0 Å². The van der Waals surface area contributed by atoms with Gasteiger partial charge in [-0.25, -0.2) is 4.98 Å². The van der Waals surface area contributed by atoms with E-state index in [9.17, 15) is 0 Å². The van der Waals surface area contributed by atoms with Gasteiger partial charge in [-0.1, -0.05) is 12.1 Å². The Morgan fingerprint density at radius 3 is 2.93 bits per heavy atom. The lowest BCUT2D eigenvalue weighted by Gasteiger charge is -1.98. The highest BCUT2D eigenvalue weighted by Crippen LogP contribution is 2.02. The molecule has 0 saturated heterocycles. The molecule has 5 nitrogen and oxygen atoms in total. The molecule has 0 aliphatic heterocycles. The lowest BCUT2D eigenvalue weighted by molar-refractivity contribution is 0.375. The maximum atomic E-state index is 5.01. The molecule has 0 atom stereocenters. The SMILES string of the molecule is CCc1nc(Cn2ccnc2C)no1. The van der Waals surface area contributed by atoms with Crippen molar-refractivity contribution < 1.29 is 4.52 Å². The van der Waals surface area contributed by atoms with Crippen LogP contribution >= 0.6 is 0 Å². The van der Waals surface area contributed by atoms with E-state index < -0.39 is 0 Å². The van der Waals surface area contributed by atoms with Crippen molar-refractivity contribution in [3.8, 4) is 0 Å². The third kappa shape index (κ3) is 1.66. The maximum Gasteiger partial charge on any atom is 0.226 e. The van der Waals surface area contributed by atoms with Gasteiger partial charge in [0.1, 0.15) is 5.82 Å². The summed E-state index contributed by atoms with van der Waals surface area (Å²) in [6.45, 7) is 4.55. The van der Waals surface area contributed by atoms with Crippen LogP contribution in [0.15, 0.2) is 16.9 Å². The molecular formula is C9H12N4O. The molecule has 2 rings (SSSR count). The van der Waals surface area contributed by atoms with E-state index in [-0.39, 0.29) is 0 Å². The van der Waals surface area contributed by atoms with Gasteiger partial charge in [-0.15, -0.1) is 0 Å². The van der Waals surface area contributed by atoms with Gasteiger partial charge >= 0.3 is 0 Å². The number of hydrogen-bond acceptors (Lipinski definition) is 4. The molecule has 0 N–H and O–H groups in total. The predicted octanol–water partition coefficient (Wildman–Crippen LogP) is 1.19. The summed E-state index contributed by atoms with van der Waals surface area (Å²) in [5.74, 6) is 2.33. The molecule has 0 aliphatic carbocycles. The first-order valence-electron chi connectivity index (χ1n) is 4.58. The van der Waals surface area contributed by atoms with E-state index in [1.807, 2.05) is 24.6 Å². The van der Waals surface area contributed by atoms with Crippen molar-refractivity contribution in [1.29, 1.82) is 0 Å². The van der Waals surface area contributed by atoms with Crippen molar-refractivity contribution in [2.45, 2.75) is 26.8 Å². The lowest BCUT2D eigenvalue weighted by atomic mass is 10.5. The Bertz CT molecular complexity index is 418. The maximum absolute atomic E-state index is 5.01. The standard InChI is InChI=1S/C9H12N4O/c1-3-9-11-8(12-14-9)6-13-5-4-10-7(13)2/h4-5H,3,6H2,1-2H3. The average Bonchev–Trinajstić information content (AvgIpc) is 2.77. The topological polar surface area (TPSA) is 56.7 Å². The van der Waals surface area contributed by atoms with Crippen molar-refractivity contribution >= 4 is 0 Å². The Morgan fingerprint density at radius 1 is 1.50 bits per heavy atom. The normalized spacial score (nSPS) is 10.7. The molecule has 0 radical (unpaired) electrons. The molecule has 0 aliphatic rings. The van der Waals surface area contributed by atoms with Crippen LogP contribution in [-0.2, 0) is 13.0 Å². The first kappa shape index (κ1) is 8.93. The van der Waals surface area contributed by atoms with Gasteiger partial charge in [-0.3, -0.25) is 0 Å². The molecule has 5 heteroatoms. The van der Waals surface area contributed by atoms with Gasteiger partial charge in [0.15, 0.2) is 5.82 Å². The van der Waals surface area contributed by atoms with E-state index in [2.05, 4.69) is 15.1 Å². The van der Waals surface area contributed by atoms with Gasteiger partial charge < -0.3 is 9.09 Å². The summed E-state index contributed by atoms with van der Waals surface area (Å²) in [6.07, 6.45) is 4.43. The van der Waals surface area contributed by atoms with Gasteiger partial charge in [0.25, 0.3) is 0 Å². The number of aromatic nitrogens is 4. The van der Waals surface area contributed by atoms with Crippen LogP contribution in [0.5, 0.6) is 0 Å². The molecule has 0 saturated carbocycles. The Balaban J connectivity index is 2.15. The van der Waals surface area contributed by atoms with Gasteiger partial charge in [0.05, 0.1) is 6.54 Å². The minimum Gasteiger partial charge on any atom is -0.339 e. The minimum absolute atomic E-state index is 0.620. The van der Waals surface area contributed by atoms with Crippen LogP contribution in [0.2, 0.25) is 0 Å². The van der Waals surface area contributed by atoms with Gasteiger partial charge in [-0.2, -0.15) is 4.98 Å². The summed E-state index contributed by atoms with van der Waals surface area (Å²) in [6, 6.07) is 0. The number of hydrogen-bond donors (Lipinski definition) is 0. The van der Waals surface area contributed by atoms with E-state index in [1.54, 1.807) is 6.20 Å². The zero-order chi connectivity index (χ0) is 9.97. The van der Waals surface area contributed by atoms with Gasteiger partial charge in [-0.05, 0) is 6.92 Å². The lowest BCUT2D eigenvalue weighted by Crippen LogP contribution is -2.02. The zero-order valence-corrected chi connectivity index (χ0v) is 8.27. The van der Waals surface area contributed by atoms with Crippen molar-refractivity contribution in [1.82, 2.24) is 19.7 Å². The Morgan fingerprint density at radius 2 is 2.36 bits per heavy atom. The van der Waals surface area contributed by atoms with Crippen LogP contribution in [0.1, 0.15) is 24.5 Å². The average molecular weight is 192 g/mol. The second-order valence-electron chi connectivity index (χ2n) is 3.06. The van der Waals surface area contributed by atoms with Crippen LogP contribution in [0, 0.1) is 6.92 Å². The first-order chi connectivity index (χ1) is 6.79. The molecule has 0 amide bonds. The van der Waals surface area contributed by atoms with Crippen LogP contribution in [-0.4, -0.2) is 19.7 Å². The molecule has 0 spiro atoms. The van der Waals surface area contributed by atoms with E-state index >= 15 is 0 Å². The summed E-state index contributed by atoms with van der Waals surface area (Å²) in [7, 11) is 0. The fourth-order valence-electron chi connectivity index (χ4n) is 1.22. The summed E-state index contributed by atoms with van der Waals surface area (Å²) in [5.41, 5.74) is 0. The predicted molar refractivity (Wildman–Crippen MR) is 49.7 cm³/mol. The summed E-state index contributed by atoms with van der Waals surface area (Å²) in [5, 5.41) is 3.87. The Hall–Kier alpha value is -1.65. The summed E-state index contributed by atoms with van der Waals surface area (Å²) in [4.78, 5) is 8.33. The number of rotatable bonds is 3. The van der Waals surface area contributed by atoms with Crippen LogP contribution < -0.4 is 0 Å². The molecule has 0 unspecified atom stereocenters. The number of imidazole rings is 1. The molecule has 2 aromatic rings. The fourth-order valence-corrected chi connectivity index (χ4v) is 1.22. The molecule has 0 aromatic carbocycles. The van der Waals surface area contributed by atoms with E-state index in [4.69, 9.17) is 4.52 Å². The third-order valence-corrected chi connectivity index (χ3v) is 2.05. The zero-order valence-electron chi connectivity index (χ0n) is 8.27. The van der Waals surface area contributed by atoms with E-state index in [0.717, 1.165) is 12.2 Å². The second kappa shape index (κ2) is 3.61. The summed E-state index contributed by atoms with van der Waals surface area (Å²) < 4.78 is 6.98. The van der Waals surface area contributed by atoms with Gasteiger partial charge in [0.2, 0.25) is 5.89 Å². The molecular weight excluding hydrogens is 180 g/mol. The fraction of sp³-hybridized carbons (Fsp3) is 0.444. The largest absolute Gasteiger partial charge is 0.339 e. The highest BCUT2D eigenvalue weighted by atomic mass is 16.5. The van der Waals surface area contributed by atoms with Gasteiger partial charge in [0, 0.05) is 18.8 Å². The Labute approximate surface area is 81.8 Å². The minimum atomic E-state index is 0.620. The summed E-state index contributed by atoms with van der Waals surface area (Å²) >= 11 is 0. The van der Waals surface area contributed by atoms with Crippen molar-refractivity contribution in [3.63, 3.8) is 0 Å². The number of nitrogens with zero attached hydrogens (tertiary/aromatic N) is 4. The first-order valence-corrected chi connectivity index (χ1v) is 4.58. The van der Waals surface area contributed by atoms with Crippen molar-refractivity contribution in [3.05, 3.63) is 29.9 Å². The van der Waals surface area contributed by atoms with Crippen LogP contribution in [0.3, 0.4) is 0 Å². The molecule has 14 heavy (non-hydrogen) atoms.